The van der Waals surface area contributed by atoms with Crippen molar-refractivity contribution in [3.8, 4) is 5.75 Å². The summed E-state index contributed by atoms with van der Waals surface area (Å²) < 4.78 is 13.0. The van der Waals surface area contributed by atoms with Crippen molar-refractivity contribution < 1.29 is 18.7 Å². The standard InChI is InChI=1S/C34H38ClN5O5/c1-44-26-11-12-27-29(41)19-31(45-30(27)18-26)32(42)38-28(17-23-7-9-25(35)10-8-23)33(43)39-15-13-34(14-16-39,20-40-22-36-21-37-40)24-5-3-2-4-6-24/h7-12,18-19,21-22,24,28H,2-6,13-17,20H2,1H3,(H,38,42)/t28-/m1/s1. The minimum atomic E-state index is -0.873. The van der Waals surface area contributed by atoms with Crippen molar-refractivity contribution in [2.75, 3.05) is 20.2 Å². The van der Waals surface area contributed by atoms with Gasteiger partial charge in [0.05, 0.1) is 12.5 Å². The first kappa shape index (κ1) is 30.8. The fourth-order valence-corrected chi connectivity index (χ4v) is 7.23. The van der Waals surface area contributed by atoms with Crippen LogP contribution in [-0.4, -0.2) is 57.7 Å². The number of hydrogen-bond donors (Lipinski definition) is 1. The molecule has 2 amide bonds. The number of nitrogens with one attached hydrogen (secondary N) is 1. The van der Waals surface area contributed by atoms with Crippen LogP contribution in [0.2, 0.25) is 5.02 Å². The number of halogens is 1. The van der Waals surface area contributed by atoms with Crippen molar-refractivity contribution in [1.82, 2.24) is 25.0 Å². The van der Waals surface area contributed by atoms with Crippen molar-refractivity contribution in [3.63, 3.8) is 0 Å². The SMILES string of the molecule is COc1ccc2c(=O)cc(C(=O)N[C@H](Cc3ccc(Cl)cc3)C(=O)N3CCC(Cn4cncn4)(C4CCCCC4)CC3)oc2c1. The minimum absolute atomic E-state index is 0.0371. The molecule has 0 unspecified atom stereocenters. The van der Waals surface area contributed by atoms with Crippen LogP contribution in [0, 0.1) is 11.3 Å². The number of aromatic nitrogens is 3. The van der Waals surface area contributed by atoms with E-state index in [4.69, 9.17) is 20.8 Å². The van der Waals surface area contributed by atoms with Gasteiger partial charge in [0.15, 0.2) is 11.2 Å². The Morgan fingerprint density at radius 1 is 1.09 bits per heavy atom. The number of hydrogen-bond acceptors (Lipinski definition) is 7. The summed E-state index contributed by atoms with van der Waals surface area (Å²) in [7, 11) is 1.51. The molecule has 1 N–H and O–H groups in total. The fourth-order valence-electron chi connectivity index (χ4n) is 7.10. The van der Waals surface area contributed by atoms with E-state index in [-0.39, 0.29) is 34.5 Å². The van der Waals surface area contributed by atoms with Crippen LogP contribution in [0.1, 0.15) is 61.1 Å². The Balaban J connectivity index is 1.23. The van der Waals surface area contributed by atoms with Crippen LogP contribution in [0.25, 0.3) is 11.0 Å². The van der Waals surface area contributed by atoms with Gasteiger partial charge in [-0.15, -0.1) is 0 Å². The zero-order chi connectivity index (χ0) is 31.4. The number of benzene rings is 2. The molecule has 0 spiro atoms. The van der Waals surface area contributed by atoms with Crippen molar-refractivity contribution >= 4 is 34.4 Å². The summed E-state index contributed by atoms with van der Waals surface area (Å²) in [6, 6.07) is 12.3. The molecular weight excluding hydrogens is 594 g/mol. The molecule has 1 atom stereocenters. The maximum absolute atomic E-state index is 14.2. The van der Waals surface area contributed by atoms with Crippen LogP contribution in [0.5, 0.6) is 5.75 Å². The van der Waals surface area contributed by atoms with Gasteiger partial charge in [-0.25, -0.2) is 4.98 Å². The molecule has 1 saturated heterocycles. The molecule has 45 heavy (non-hydrogen) atoms. The molecule has 10 nitrogen and oxygen atoms in total. The highest BCUT2D eigenvalue weighted by atomic mass is 35.5. The largest absolute Gasteiger partial charge is 0.497 e. The molecule has 2 aromatic heterocycles. The second kappa shape index (κ2) is 13.4. The van der Waals surface area contributed by atoms with Crippen molar-refractivity contribution in [1.29, 1.82) is 0 Å². The van der Waals surface area contributed by atoms with E-state index >= 15 is 0 Å². The van der Waals surface area contributed by atoms with Gasteiger partial charge in [-0.3, -0.25) is 19.1 Å². The number of rotatable bonds is 9. The molecule has 2 aromatic carbocycles. The first-order valence-corrected chi connectivity index (χ1v) is 16.0. The zero-order valence-electron chi connectivity index (χ0n) is 25.4. The third-order valence-electron chi connectivity index (χ3n) is 9.60. The van der Waals surface area contributed by atoms with E-state index in [0.29, 0.717) is 35.2 Å². The average Bonchev–Trinajstić information content (AvgIpc) is 3.58. The van der Waals surface area contributed by atoms with Crippen molar-refractivity contribution in [3.05, 3.63) is 87.8 Å². The van der Waals surface area contributed by atoms with Gasteiger partial charge in [-0.1, -0.05) is 43.0 Å². The van der Waals surface area contributed by atoms with Crippen LogP contribution >= 0.6 is 11.6 Å². The van der Waals surface area contributed by atoms with Gasteiger partial charge < -0.3 is 19.4 Å². The Bertz CT molecular complexity index is 1690. The molecule has 0 bridgehead atoms. The first-order valence-electron chi connectivity index (χ1n) is 15.6. The summed E-state index contributed by atoms with van der Waals surface area (Å²) in [6.07, 6.45) is 11.5. The number of ether oxygens (including phenoxy) is 1. The number of carbonyl (C=O) groups excluding carboxylic acids is 2. The summed E-state index contributed by atoms with van der Waals surface area (Å²) >= 11 is 6.12. The number of likely N-dealkylation sites (tertiary alicyclic amines) is 1. The van der Waals surface area contributed by atoms with Crippen LogP contribution in [0.15, 0.2) is 70.4 Å². The Hall–Kier alpha value is -4.18. The lowest BCUT2D eigenvalue weighted by atomic mass is 9.63. The predicted molar refractivity (Wildman–Crippen MR) is 170 cm³/mol. The van der Waals surface area contributed by atoms with Crippen LogP contribution in [-0.2, 0) is 17.8 Å². The summed E-state index contributed by atoms with van der Waals surface area (Å²) in [6.45, 7) is 1.96. The summed E-state index contributed by atoms with van der Waals surface area (Å²) in [5, 5.41) is 8.22. The van der Waals surface area contributed by atoms with E-state index in [9.17, 15) is 14.4 Å². The van der Waals surface area contributed by atoms with Gasteiger partial charge in [-0.2, -0.15) is 5.10 Å². The number of methoxy groups -OCH3 is 1. The minimum Gasteiger partial charge on any atom is -0.497 e. The van der Waals surface area contributed by atoms with E-state index < -0.39 is 11.9 Å². The van der Waals surface area contributed by atoms with Gasteiger partial charge in [0, 0.05) is 43.2 Å². The molecule has 1 aliphatic heterocycles. The average molecular weight is 632 g/mol. The molecule has 6 rings (SSSR count). The molecule has 0 radical (unpaired) electrons. The van der Waals surface area contributed by atoms with E-state index in [1.807, 2.05) is 21.7 Å². The third kappa shape index (κ3) is 6.91. The van der Waals surface area contributed by atoms with Gasteiger partial charge in [-0.05, 0) is 66.8 Å². The maximum atomic E-state index is 14.2. The quantitative estimate of drug-likeness (QED) is 0.267. The lowest BCUT2D eigenvalue weighted by molar-refractivity contribution is -0.136. The van der Waals surface area contributed by atoms with E-state index in [1.165, 1.54) is 39.2 Å². The highest BCUT2D eigenvalue weighted by Crippen LogP contribution is 2.47. The van der Waals surface area contributed by atoms with Crippen LogP contribution in [0.3, 0.4) is 0 Å². The smallest absolute Gasteiger partial charge is 0.287 e. The zero-order valence-corrected chi connectivity index (χ0v) is 26.2. The molecule has 11 heteroatoms. The van der Waals surface area contributed by atoms with E-state index in [2.05, 4.69) is 15.4 Å². The maximum Gasteiger partial charge on any atom is 0.287 e. The Morgan fingerprint density at radius 3 is 2.53 bits per heavy atom. The number of carbonyl (C=O) groups is 2. The van der Waals surface area contributed by atoms with Gasteiger partial charge in [0.25, 0.3) is 5.91 Å². The van der Waals surface area contributed by atoms with Crippen molar-refractivity contribution in [2.45, 2.75) is 64.0 Å². The lowest BCUT2D eigenvalue weighted by Crippen LogP contribution is -2.54. The topological polar surface area (TPSA) is 120 Å². The predicted octanol–water partition coefficient (Wildman–Crippen LogP) is 5.28. The number of nitrogens with zero attached hydrogens (tertiary/aromatic N) is 4. The number of fused-ring (bicyclic) bond motifs is 1. The molecule has 1 saturated carbocycles. The van der Waals surface area contributed by atoms with E-state index in [0.717, 1.165) is 31.0 Å². The van der Waals surface area contributed by atoms with Crippen molar-refractivity contribution in [2.24, 2.45) is 11.3 Å². The number of piperidine rings is 1. The third-order valence-corrected chi connectivity index (χ3v) is 9.85. The van der Waals surface area contributed by atoms with Gasteiger partial charge in [0.2, 0.25) is 5.91 Å². The van der Waals surface area contributed by atoms with Gasteiger partial charge >= 0.3 is 0 Å². The summed E-state index contributed by atoms with van der Waals surface area (Å²) in [4.78, 5) is 46.5. The first-order chi connectivity index (χ1) is 21.8. The Labute approximate surface area is 266 Å². The highest BCUT2D eigenvalue weighted by Gasteiger charge is 2.44. The van der Waals surface area contributed by atoms with Crippen LogP contribution in [0.4, 0.5) is 0 Å². The Kier molecular flexibility index (Phi) is 9.21. The Morgan fingerprint density at radius 2 is 1.84 bits per heavy atom. The highest BCUT2D eigenvalue weighted by molar-refractivity contribution is 6.30. The molecular formula is C34H38ClN5O5. The fraction of sp³-hybridized carbons (Fsp3) is 0.441. The molecule has 236 valence electrons. The monoisotopic (exact) mass is 631 g/mol. The second-order valence-corrected chi connectivity index (χ2v) is 12.7. The second-order valence-electron chi connectivity index (χ2n) is 12.3. The lowest BCUT2D eigenvalue weighted by Gasteiger charge is -2.48. The summed E-state index contributed by atoms with van der Waals surface area (Å²) in [5.74, 6) is 0.103. The number of amides is 2. The normalized spacial score (nSPS) is 17.6. The summed E-state index contributed by atoms with van der Waals surface area (Å²) in [5.41, 5.74) is 0.764. The molecule has 3 heterocycles. The molecule has 2 fully saturated rings. The molecule has 4 aromatic rings. The molecule has 2 aliphatic rings. The van der Waals surface area contributed by atoms with Crippen LogP contribution < -0.4 is 15.5 Å². The van der Waals surface area contributed by atoms with Gasteiger partial charge in [0.1, 0.15) is 30.0 Å². The molecule has 1 aliphatic carbocycles. The van der Waals surface area contributed by atoms with E-state index in [1.54, 1.807) is 43.0 Å².